The number of rotatable bonds is 14. The lowest BCUT2D eigenvalue weighted by atomic mass is 10.1. The summed E-state index contributed by atoms with van der Waals surface area (Å²) in [6, 6.07) is 3.19. The van der Waals surface area contributed by atoms with Gasteiger partial charge in [0.25, 0.3) is 0 Å². The average molecular weight is 351 g/mol. The second kappa shape index (κ2) is 13.5. The highest BCUT2D eigenvalue weighted by Crippen LogP contribution is 2.11. The molecule has 1 rings (SSSR count). The molecular formula is C20H33NO4. The van der Waals surface area contributed by atoms with Crippen molar-refractivity contribution >= 4 is 11.9 Å². The van der Waals surface area contributed by atoms with Gasteiger partial charge >= 0.3 is 5.97 Å². The van der Waals surface area contributed by atoms with Gasteiger partial charge in [-0.05, 0) is 18.6 Å². The third kappa shape index (κ3) is 9.95. The Morgan fingerprint density at radius 1 is 1.04 bits per heavy atom. The molecule has 0 aliphatic heterocycles. The molecule has 5 heteroatoms. The van der Waals surface area contributed by atoms with Crippen LogP contribution in [0.5, 0.6) is 0 Å². The normalized spacial score (nSPS) is 10.6. The summed E-state index contributed by atoms with van der Waals surface area (Å²) in [4.78, 5) is 25.2. The SMILES string of the molecule is CCCCCCCCCCCC(=O)N(C)CCOC(=O)c1ccco1. The minimum atomic E-state index is -0.496. The Bertz CT molecular complexity index is 470. The zero-order valence-electron chi connectivity index (χ0n) is 15.8. The van der Waals surface area contributed by atoms with Crippen LogP contribution < -0.4 is 0 Å². The van der Waals surface area contributed by atoms with E-state index in [2.05, 4.69) is 6.92 Å². The molecule has 0 aliphatic carbocycles. The number of amides is 1. The molecular weight excluding hydrogens is 318 g/mol. The number of carbonyl (C=O) groups is 2. The van der Waals surface area contributed by atoms with Gasteiger partial charge in [0.05, 0.1) is 12.8 Å². The van der Waals surface area contributed by atoms with Crippen LogP contribution in [0.2, 0.25) is 0 Å². The minimum Gasteiger partial charge on any atom is -0.458 e. The molecule has 5 nitrogen and oxygen atoms in total. The molecule has 0 N–H and O–H groups in total. The van der Waals surface area contributed by atoms with Crippen LogP contribution in [0.25, 0.3) is 0 Å². The number of nitrogens with zero attached hydrogens (tertiary/aromatic N) is 1. The van der Waals surface area contributed by atoms with Crippen LogP contribution >= 0.6 is 0 Å². The van der Waals surface area contributed by atoms with Crippen LogP contribution in [0.15, 0.2) is 22.8 Å². The van der Waals surface area contributed by atoms with Crippen molar-refractivity contribution in [2.45, 2.75) is 71.1 Å². The molecule has 0 aliphatic rings. The highest BCUT2D eigenvalue weighted by atomic mass is 16.5. The molecule has 1 aromatic heterocycles. The van der Waals surface area contributed by atoms with Crippen LogP contribution in [-0.4, -0.2) is 37.0 Å². The van der Waals surface area contributed by atoms with Crippen LogP contribution in [0.3, 0.4) is 0 Å². The van der Waals surface area contributed by atoms with E-state index < -0.39 is 5.97 Å². The van der Waals surface area contributed by atoms with Gasteiger partial charge in [0.15, 0.2) is 0 Å². The van der Waals surface area contributed by atoms with E-state index in [4.69, 9.17) is 9.15 Å². The maximum absolute atomic E-state index is 12.0. The lowest BCUT2D eigenvalue weighted by Gasteiger charge is -2.16. The zero-order valence-corrected chi connectivity index (χ0v) is 15.8. The summed E-state index contributed by atoms with van der Waals surface area (Å²) >= 11 is 0. The van der Waals surface area contributed by atoms with E-state index in [0.717, 1.165) is 12.8 Å². The summed E-state index contributed by atoms with van der Waals surface area (Å²) < 4.78 is 10.0. The lowest BCUT2D eigenvalue weighted by molar-refractivity contribution is -0.130. The molecule has 142 valence electrons. The highest BCUT2D eigenvalue weighted by Gasteiger charge is 2.12. The summed E-state index contributed by atoms with van der Waals surface area (Å²) in [6.07, 6.45) is 13.2. The smallest absolute Gasteiger partial charge is 0.374 e. The fourth-order valence-electron chi connectivity index (χ4n) is 2.64. The quantitative estimate of drug-likeness (QED) is 0.356. The van der Waals surface area contributed by atoms with Crippen LogP contribution in [0.1, 0.15) is 81.7 Å². The Balaban J connectivity index is 1.98. The fourth-order valence-corrected chi connectivity index (χ4v) is 2.64. The molecule has 0 unspecified atom stereocenters. The first kappa shape index (κ1) is 21.3. The molecule has 1 heterocycles. The van der Waals surface area contributed by atoms with E-state index in [1.54, 1.807) is 24.1 Å². The second-order valence-electron chi connectivity index (χ2n) is 6.51. The number of furan rings is 1. The van der Waals surface area contributed by atoms with Crippen molar-refractivity contribution in [2.75, 3.05) is 20.2 Å². The van der Waals surface area contributed by atoms with Crippen molar-refractivity contribution in [3.05, 3.63) is 24.2 Å². The van der Waals surface area contributed by atoms with Gasteiger partial charge in [-0.15, -0.1) is 0 Å². The molecule has 0 radical (unpaired) electrons. The fraction of sp³-hybridized carbons (Fsp3) is 0.700. The molecule has 25 heavy (non-hydrogen) atoms. The summed E-state index contributed by atoms with van der Waals surface area (Å²) in [7, 11) is 1.75. The van der Waals surface area contributed by atoms with Crippen LogP contribution in [-0.2, 0) is 9.53 Å². The van der Waals surface area contributed by atoms with Gasteiger partial charge in [-0.3, -0.25) is 4.79 Å². The molecule has 0 atom stereocenters. The monoisotopic (exact) mass is 351 g/mol. The van der Waals surface area contributed by atoms with E-state index in [1.807, 2.05) is 0 Å². The number of hydrogen-bond acceptors (Lipinski definition) is 4. The van der Waals surface area contributed by atoms with E-state index in [-0.39, 0.29) is 18.3 Å². The van der Waals surface area contributed by atoms with E-state index in [1.165, 1.54) is 51.2 Å². The minimum absolute atomic E-state index is 0.108. The van der Waals surface area contributed by atoms with Crippen LogP contribution in [0.4, 0.5) is 0 Å². The van der Waals surface area contributed by atoms with Gasteiger partial charge in [-0.1, -0.05) is 58.3 Å². The Labute approximate surface area is 151 Å². The van der Waals surface area contributed by atoms with Gasteiger partial charge in [0, 0.05) is 13.5 Å². The number of hydrogen-bond donors (Lipinski definition) is 0. The Kier molecular flexibility index (Phi) is 11.5. The van der Waals surface area contributed by atoms with Gasteiger partial charge in [-0.25, -0.2) is 4.79 Å². The van der Waals surface area contributed by atoms with E-state index in [0.29, 0.717) is 13.0 Å². The number of likely N-dealkylation sites (N-methyl/N-ethyl adjacent to an activating group) is 1. The number of carbonyl (C=O) groups excluding carboxylic acids is 2. The van der Waals surface area contributed by atoms with E-state index in [9.17, 15) is 9.59 Å². The lowest BCUT2D eigenvalue weighted by Crippen LogP contribution is -2.30. The highest BCUT2D eigenvalue weighted by molar-refractivity contribution is 5.86. The predicted octanol–water partition coefficient (Wildman–Crippen LogP) is 4.82. The Hall–Kier alpha value is -1.78. The summed E-state index contributed by atoms with van der Waals surface area (Å²) in [5.41, 5.74) is 0. The number of esters is 1. The van der Waals surface area contributed by atoms with Crippen LogP contribution in [0, 0.1) is 0 Å². The maximum Gasteiger partial charge on any atom is 0.374 e. The van der Waals surface area contributed by atoms with Gasteiger partial charge in [0.1, 0.15) is 6.61 Å². The van der Waals surface area contributed by atoms with Crippen molar-refractivity contribution in [1.82, 2.24) is 4.90 Å². The number of unbranched alkanes of at least 4 members (excludes halogenated alkanes) is 8. The number of ether oxygens (including phenoxy) is 1. The molecule has 1 aromatic rings. The predicted molar refractivity (Wildman–Crippen MR) is 98.5 cm³/mol. The molecule has 0 saturated heterocycles. The molecule has 0 aromatic carbocycles. The maximum atomic E-state index is 12.0. The Morgan fingerprint density at radius 3 is 2.28 bits per heavy atom. The summed E-state index contributed by atoms with van der Waals surface area (Å²) in [5, 5.41) is 0. The van der Waals surface area contributed by atoms with Gasteiger partial charge in [0.2, 0.25) is 11.7 Å². The first-order chi connectivity index (χ1) is 12.1. The Morgan fingerprint density at radius 2 is 1.68 bits per heavy atom. The molecule has 0 spiro atoms. The van der Waals surface area contributed by atoms with Gasteiger partial charge in [-0.2, -0.15) is 0 Å². The largest absolute Gasteiger partial charge is 0.458 e. The summed E-state index contributed by atoms with van der Waals surface area (Å²) in [5.74, 6) is -0.203. The van der Waals surface area contributed by atoms with Crippen molar-refractivity contribution in [3.63, 3.8) is 0 Å². The molecule has 0 saturated carbocycles. The van der Waals surface area contributed by atoms with Crippen molar-refractivity contribution < 1.29 is 18.7 Å². The molecule has 1 amide bonds. The standard InChI is InChI=1S/C20H33NO4/c1-3-4-5-6-7-8-9-10-11-14-19(22)21(2)15-17-25-20(23)18-13-12-16-24-18/h12-13,16H,3-11,14-15,17H2,1-2H3. The average Bonchev–Trinajstić information content (AvgIpc) is 3.14. The van der Waals surface area contributed by atoms with Crippen molar-refractivity contribution in [2.24, 2.45) is 0 Å². The first-order valence-corrected chi connectivity index (χ1v) is 9.59. The first-order valence-electron chi connectivity index (χ1n) is 9.59. The van der Waals surface area contributed by atoms with E-state index >= 15 is 0 Å². The van der Waals surface area contributed by atoms with Crippen molar-refractivity contribution in [3.8, 4) is 0 Å². The van der Waals surface area contributed by atoms with Crippen molar-refractivity contribution in [1.29, 1.82) is 0 Å². The van der Waals surface area contributed by atoms with Gasteiger partial charge < -0.3 is 14.1 Å². The summed E-state index contributed by atoms with van der Waals surface area (Å²) in [6.45, 7) is 2.82. The zero-order chi connectivity index (χ0) is 18.3. The third-order valence-electron chi connectivity index (χ3n) is 4.30. The third-order valence-corrected chi connectivity index (χ3v) is 4.30. The second-order valence-corrected chi connectivity index (χ2v) is 6.51. The topological polar surface area (TPSA) is 59.8 Å². The molecule has 0 fully saturated rings. The molecule has 0 bridgehead atoms.